The fourth-order valence-corrected chi connectivity index (χ4v) is 1.01. The molecule has 0 amide bonds. The number of hydrogen-bond acceptors (Lipinski definition) is 2. The summed E-state index contributed by atoms with van der Waals surface area (Å²) in [6.07, 6.45) is 5.18. The van der Waals surface area contributed by atoms with Gasteiger partial charge in [-0.2, -0.15) is 0 Å². The van der Waals surface area contributed by atoms with Crippen LogP contribution in [0.25, 0.3) is 0 Å². The highest BCUT2D eigenvalue weighted by molar-refractivity contribution is 5.81. The molecule has 1 aliphatic rings. The summed E-state index contributed by atoms with van der Waals surface area (Å²) < 4.78 is 0. The average Bonchev–Trinajstić information content (AvgIpc) is 1.86. The minimum absolute atomic E-state index is 0.860. The average molecular weight is 153 g/mol. The number of aliphatic carboxylic acids is 1. The predicted octanol–water partition coefficient (Wildman–Crippen LogP) is 0.893. The maximum atomic E-state index is 10.7. The Morgan fingerprint density at radius 2 is 2.36 bits per heavy atom. The van der Waals surface area contributed by atoms with Crippen LogP contribution in [0.1, 0.15) is 13.8 Å². The molecule has 1 atom stereocenters. The van der Waals surface area contributed by atoms with Crippen LogP contribution in [0, 0.1) is 0 Å². The zero-order valence-corrected chi connectivity index (χ0v) is 6.59. The van der Waals surface area contributed by atoms with E-state index in [4.69, 9.17) is 5.11 Å². The van der Waals surface area contributed by atoms with Gasteiger partial charge in [-0.3, -0.25) is 0 Å². The Morgan fingerprint density at radius 3 is 2.73 bits per heavy atom. The van der Waals surface area contributed by atoms with Crippen molar-refractivity contribution in [2.75, 3.05) is 0 Å². The third kappa shape index (κ3) is 1.42. The first-order valence-corrected chi connectivity index (χ1v) is 3.42. The maximum Gasteiger partial charge on any atom is 0.333 e. The maximum absolute atomic E-state index is 10.7. The quantitative estimate of drug-likeness (QED) is 0.588. The molecule has 3 heteroatoms. The number of carbonyl (C=O) groups is 1. The Hall–Kier alpha value is -1.25. The summed E-state index contributed by atoms with van der Waals surface area (Å²) in [6.45, 7) is 3.50. The molecule has 1 heterocycles. The molecule has 3 nitrogen and oxygen atoms in total. The smallest absolute Gasteiger partial charge is 0.333 e. The van der Waals surface area contributed by atoms with Crippen molar-refractivity contribution in [3.63, 3.8) is 0 Å². The molecule has 0 spiro atoms. The van der Waals surface area contributed by atoms with Crippen molar-refractivity contribution in [3.8, 4) is 0 Å². The van der Waals surface area contributed by atoms with Gasteiger partial charge >= 0.3 is 5.97 Å². The lowest BCUT2D eigenvalue weighted by Crippen LogP contribution is -2.46. The van der Waals surface area contributed by atoms with Gasteiger partial charge in [0.1, 0.15) is 0 Å². The van der Waals surface area contributed by atoms with Crippen molar-refractivity contribution >= 4 is 5.97 Å². The number of carboxylic acid groups (broad SMARTS) is 1. The number of allylic oxidation sites excluding steroid dienone is 2. The molecule has 11 heavy (non-hydrogen) atoms. The first-order valence-electron chi connectivity index (χ1n) is 3.42. The first kappa shape index (κ1) is 7.85. The highest BCUT2D eigenvalue weighted by Crippen LogP contribution is 2.14. The molecule has 2 N–H and O–H groups in total. The lowest BCUT2D eigenvalue weighted by atomic mass is 9.97. The molecule has 1 aliphatic heterocycles. The van der Waals surface area contributed by atoms with Gasteiger partial charge in [-0.15, -0.1) is 0 Å². The molecular weight excluding hydrogens is 142 g/mol. The zero-order valence-electron chi connectivity index (χ0n) is 6.59. The van der Waals surface area contributed by atoms with Crippen LogP contribution in [0.3, 0.4) is 0 Å². The van der Waals surface area contributed by atoms with E-state index >= 15 is 0 Å². The third-order valence-electron chi connectivity index (χ3n) is 1.69. The molecule has 0 fully saturated rings. The highest BCUT2D eigenvalue weighted by atomic mass is 16.4. The van der Waals surface area contributed by atoms with Gasteiger partial charge in [-0.05, 0) is 32.2 Å². The van der Waals surface area contributed by atoms with Gasteiger partial charge in [0.05, 0.1) is 0 Å². The van der Waals surface area contributed by atoms with Gasteiger partial charge in [-0.1, -0.05) is 5.57 Å². The van der Waals surface area contributed by atoms with Gasteiger partial charge in [0.2, 0.25) is 0 Å². The predicted molar refractivity (Wildman–Crippen MR) is 42.1 cm³/mol. The van der Waals surface area contributed by atoms with E-state index in [-0.39, 0.29) is 0 Å². The van der Waals surface area contributed by atoms with Crippen LogP contribution in [-0.4, -0.2) is 16.6 Å². The Bertz CT molecular complexity index is 242. The van der Waals surface area contributed by atoms with Crippen molar-refractivity contribution in [3.05, 3.63) is 23.9 Å². The first-order chi connectivity index (χ1) is 5.04. The molecule has 0 aliphatic carbocycles. The number of nitrogens with one attached hydrogen (secondary N) is 1. The second kappa shape index (κ2) is 2.42. The van der Waals surface area contributed by atoms with Gasteiger partial charge in [0.15, 0.2) is 5.54 Å². The molecule has 1 rings (SSSR count). The number of rotatable bonds is 1. The summed E-state index contributed by atoms with van der Waals surface area (Å²) in [5.74, 6) is -0.860. The Morgan fingerprint density at radius 1 is 1.73 bits per heavy atom. The number of carboxylic acids is 1. The van der Waals surface area contributed by atoms with E-state index < -0.39 is 11.5 Å². The molecule has 0 aromatic rings. The van der Waals surface area contributed by atoms with Crippen LogP contribution in [0.15, 0.2) is 23.9 Å². The summed E-state index contributed by atoms with van der Waals surface area (Å²) in [6, 6.07) is 0. The van der Waals surface area contributed by atoms with Crippen LogP contribution in [0.4, 0.5) is 0 Å². The minimum Gasteiger partial charge on any atom is -0.479 e. The SMILES string of the molecule is CC1=CC(C)(C(=O)O)NC=C1. The highest BCUT2D eigenvalue weighted by Gasteiger charge is 2.30. The summed E-state index contributed by atoms with van der Waals surface area (Å²) in [5.41, 5.74) is 0.0346. The summed E-state index contributed by atoms with van der Waals surface area (Å²) in [7, 11) is 0. The Kier molecular flexibility index (Phi) is 1.72. The van der Waals surface area contributed by atoms with E-state index in [9.17, 15) is 4.79 Å². The zero-order chi connectivity index (χ0) is 8.48. The molecule has 0 saturated carbocycles. The largest absolute Gasteiger partial charge is 0.479 e. The van der Waals surface area contributed by atoms with Crippen molar-refractivity contribution in [1.82, 2.24) is 5.32 Å². The van der Waals surface area contributed by atoms with E-state index in [0.717, 1.165) is 5.57 Å². The van der Waals surface area contributed by atoms with E-state index in [0.29, 0.717) is 0 Å². The summed E-state index contributed by atoms with van der Waals surface area (Å²) in [4.78, 5) is 10.7. The van der Waals surface area contributed by atoms with E-state index in [1.54, 1.807) is 19.2 Å². The van der Waals surface area contributed by atoms with Gasteiger partial charge in [0, 0.05) is 0 Å². The van der Waals surface area contributed by atoms with Crippen LogP contribution < -0.4 is 5.32 Å². The van der Waals surface area contributed by atoms with E-state index in [1.165, 1.54) is 0 Å². The topological polar surface area (TPSA) is 49.3 Å². The van der Waals surface area contributed by atoms with Crippen LogP contribution in [0.2, 0.25) is 0 Å². The molecule has 0 radical (unpaired) electrons. The fourth-order valence-electron chi connectivity index (χ4n) is 1.01. The second-order valence-corrected chi connectivity index (χ2v) is 2.87. The molecule has 0 saturated heterocycles. The summed E-state index contributed by atoms with van der Waals surface area (Å²) in [5, 5.41) is 11.5. The van der Waals surface area contributed by atoms with Crippen molar-refractivity contribution in [2.24, 2.45) is 0 Å². The lowest BCUT2D eigenvalue weighted by molar-refractivity contribution is -0.141. The Labute approximate surface area is 65.4 Å². The van der Waals surface area contributed by atoms with Crippen LogP contribution in [-0.2, 0) is 4.79 Å². The van der Waals surface area contributed by atoms with E-state index in [1.807, 2.05) is 13.0 Å². The van der Waals surface area contributed by atoms with Crippen LogP contribution in [0.5, 0.6) is 0 Å². The normalized spacial score (nSPS) is 29.1. The Balaban J connectivity index is 2.92. The van der Waals surface area contributed by atoms with E-state index in [2.05, 4.69) is 5.32 Å². The molecule has 0 aromatic carbocycles. The van der Waals surface area contributed by atoms with Crippen molar-refractivity contribution in [2.45, 2.75) is 19.4 Å². The van der Waals surface area contributed by atoms with Crippen LogP contribution >= 0.6 is 0 Å². The summed E-state index contributed by atoms with van der Waals surface area (Å²) >= 11 is 0. The molecule has 1 unspecified atom stereocenters. The molecule has 0 aromatic heterocycles. The van der Waals surface area contributed by atoms with Gasteiger partial charge in [-0.25, -0.2) is 4.79 Å². The van der Waals surface area contributed by atoms with Crippen molar-refractivity contribution in [1.29, 1.82) is 0 Å². The molecular formula is C8H11NO2. The number of dihydropyridines is 1. The molecule has 0 bridgehead atoms. The lowest BCUT2D eigenvalue weighted by Gasteiger charge is -2.24. The number of hydrogen-bond donors (Lipinski definition) is 2. The fraction of sp³-hybridized carbons (Fsp3) is 0.375. The molecule has 60 valence electrons. The third-order valence-corrected chi connectivity index (χ3v) is 1.69. The standard InChI is InChI=1S/C8H11NO2/c1-6-3-4-9-8(2,5-6)7(10)11/h3-5,9H,1-2H3,(H,10,11). The van der Waals surface area contributed by atoms with Gasteiger partial charge < -0.3 is 10.4 Å². The minimum atomic E-state index is -0.932. The van der Waals surface area contributed by atoms with Crippen molar-refractivity contribution < 1.29 is 9.90 Å². The second-order valence-electron chi connectivity index (χ2n) is 2.87. The monoisotopic (exact) mass is 153 g/mol. The van der Waals surface area contributed by atoms with Gasteiger partial charge in [0.25, 0.3) is 0 Å².